The van der Waals surface area contributed by atoms with Gasteiger partial charge in [-0.2, -0.15) is 5.10 Å². The molecule has 6 N–H and O–H groups in total. The summed E-state index contributed by atoms with van der Waals surface area (Å²) in [5.74, 6) is -1.22. The first-order chi connectivity index (χ1) is 8.49. The summed E-state index contributed by atoms with van der Waals surface area (Å²) in [6.07, 6.45) is 2.71. The van der Waals surface area contributed by atoms with E-state index in [1.54, 1.807) is 6.07 Å². The van der Waals surface area contributed by atoms with Gasteiger partial charge in [-0.3, -0.25) is 9.59 Å². The largest absolute Gasteiger partial charge is 0.399 e. The molecule has 2 rings (SSSR count). The van der Waals surface area contributed by atoms with Gasteiger partial charge in [-0.15, -0.1) is 0 Å². The number of anilines is 1. The molecule has 18 heavy (non-hydrogen) atoms. The van der Waals surface area contributed by atoms with E-state index in [1.165, 1.54) is 29.2 Å². The van der Waals surface area contributed by atoms with Crippen molar-refractivity contribution in [3.8, 4) is 5.69 Å². The number of nitrogens with two attached hydrogens (primary N) is 3. The number of rotatable bonds is 3. The molecule has 0 aliphatic rings. The van der Waals surface area contributed by atoms with E-state index in [2.05, 4.69) is 5.10 Å². The van der Waals surface area contributed by atoms with Crippen LogP contribution in [0.4, 0.5) is 5.69 Å². The summed E-state index contributed by atoms with van der Waals surface area (Å²) in [6.45, 7) is 0. The third-order valence-corrected chi connectivity index (χ3v) is 2.40. The number of nitrogens with zero attached hydrogens (tertiary/aromatic N) is 2. The Hall–Kier alpha value is -2.83. The Bertz CT molecular complexity index is 632. The fourth-order valence-corrected chi connectivity index (χ4v) is 1.53. The third kappa shape index (κ3) is 2.01. The van der Waals surface area contributed by atoms with Gasteiger partial charge in [0.25, 0.3) is 11.8 Å². The zero-order valence-corrected chi connectivity index (χ0v) is 9.33. The lowest BCUT2D eigenvalue weighted by Crippen LogP contribution is -2.15. The van der Waals surface area contributed by atoms with Gasteiger partial charge in [0.2, 0.25) is 0 Å². The van der Waals surface area contributed by atoms with Gasteiger partial charge < -0.3 is 17.2 Å². The number of hydrogen-bond acceptors (Lipinski definition) is 4. The minimum atomic E-state index is -0.610. The van der Waals surface area contributed by atoms with E-state index in [0.717, 1.165) is 0 Å². The average Bonchev–Trinajstić information content (AvgIpc) is 2.77. The van der Waals surface area contributed by atoms with E-state index in [9.17, 15) is 9.59 Å². The summed E-state index contributed by atoms with van der Waals surface area (Å²) >= 11 is 0. The zero-order valence-electron chi connectivity index (χ0n) is 9.33. The predicted octanol–water partition coefficient (Wildman–Crippen LogP) is -0.348. The fraction of sp³-hybridized carbons (Fsp3) is 0. The van der Waals surface area contributed by atoms with Crippen molar-refractivity contribution in [2.75, 3.05) is 5.73 Å². The van der Waals surface area contributed by atoms with E-state index >= 15 is 0 Å². The van der Waals surface area contributed by atoms with Crippen LogP contribution < -0.4 is 17.2 Å². The molecule has 0 aliphatic heterocycles. The molecule has 0 radical (unpaired) electrons. The quantitative estimate of drug-likeness (QED) is 0.638. The Morgan fingerprint density at radius 2 is 1.89 bits per heavy atom. The maximum absolute atomic E-state index is 11.3. The molecule has 0 atom stereocenters. The molecule has 1 heterocycles. The van der Waals surface area contributed by atoms with Gasteiger partial charge in [-0.25, -0.2) is 4.68 Å². The summed E-state index contributed by atoms with van der Waals surface area (Å²) in [7, 11) is 0. The Morgan fingerprint density at radius 3 is 2.44 bits per heavy atom. The van der Waals surface area contributed by atoms with Gasteiger partial charge in [0.15, 0.2) is 0 Å². The zero-order chi connectivity index (χ0) is 13.3. The van der Waals surface area contributed by atoms with Gasteiger partial charge in [0.05, 0.1) is 23.0 Å². The first-order valence-corrected chi connectivity index (χ1v) is 5.03. The predicted molar refractivity (Wildman–Crippen MR) is 65.0 cm³/mol. The topological polar surface area (TPSA) is 130 Å². The summed E-state index contributed by atoms with van der Waals surface area (Å²) in [5.41, 5.74) is 17.4. The maximum atomic E-state index is 11.3. The molecule has 0 bridgehead atoms. The molecule has 2 amide bonds. The lowest BCUT2D eigenvalue weighted by atomic mass is 10.1. The first kappa shape index (κ1) is 11.6. The lowest BCUT2D eigenvalue weighted by Gasteiger charge is -2.07. The number of aromatic nitrogens is 2. The van der Waals surface area contributed by atoms with Crippen molar-refractivity contribution < 1.29 is 9.59 Å². The number of carbonyl (C=O) groups is 2. The lowest BCUT2D eigenvalue weighted by molar-refractivity contribution is 0.0992. The number of benzene rings is 1. The molecule has 2 aromatic rings. The normalized spacial score (nSPS) is 10.2. The highest BCUT2D eigenvalue weighted by Gasteiger charge is 2.12. The summed E-state index contributed by atoms with van der Waals surface area (Å²) in [5, 5.41) is 3.94. The highest BCUT2D eigenvalue weighted by molar-refractivity contribution is 5.97. The minimum Gasteiger partial charge on any atom is -0.399 e. The monoisotopic (exact) mass is 245 g/mol. The molecule has 0 unspecified atom stereocenters. The molecule has 0 fully saturated rings. The fourth-order valence-electron chi connectivity index (χ4n) is 1.53. The second kappa shape index (κ2) is 4.21. The second-order valence-corrected chi connectivity index (χ2v) is 3.68. The van der Waals surface area contributed by atoms with Crippen LogP contribution in [-0.2, 0) is 0 Å². The van der Waals surface area contributed by atoms with E-state index in [1.807, 2.05) is 0 Å². The van der Waals surface area contributed by atoms with Crippen LogP contribution in [0.2, 0.25) is 0 Å². The van der Waals surface area contributed by atoms with Crippen LogP contribution >= 0.6 is 0 Å². The maximum Gasteiger partial charge on any atom is 0.251 e. The molecule has 7 nitrogen and oxygen atoms in total. The molecule has 1 aromatic heterocycles. The van der Waals surface area contributed by atoms with Gasteiger partial charge in [-0.1, -0.05) is 0 Å². The van der Waals surface area contributed by atoms with Gasteiger partial charge in [0.1, 0.15) is 0 Å². The van der Waals surface area contributed by atoms with Crippen LogP contribution in [-0.4, -0.2) is 21.6 Å². The van der Waals surface area contributed by atoms with Gasteiger partial charge in [-0.05, 0) is 18.2 Å². The van der Waals surface area contributed by atoms with E-state index < -0.39 is 11.8 Å². The highest BCUT2D eigenvalue weighted by Crippen LogP contribution is 2.17. The molecule has 0 saturated carbocycles. The molecule has 7 heteroatoms. The Labute approximate surface area is 102 Å². The number of carbonyl (C=O) groups excluding carboxylic acids is 2. The Balaban J connectivity index is 2.57. The standard InChI is InChI=1S/C11H11N5O2/c12-7-1-2-8(11(14)18)9(3-7)16-5-6(4-15-16)10(13)17/h1-5H,12H2,(H2,13,17)(H2,14,18). The van der Waals surface area contributed by atoms with Crippen LogP contribution in [0.3, 0.4) is 0 Å². The SMILES string of the molecule is NC(=O)c1cnn(-c2cc(N)ccc2C(N)=O)c1. The van der Waals surface area contributed by atoms with Crippen LogP contribution in [0.25, 0.3) is 5.69 Å². The van der Waals surface area contributed by atoms with Crippen molar-refractivity contribution in [3.05, 3.63) is 41.7 Å². The third-order valence-electron chi connectivity index (χ3n) is 2.40. The van der Waals surface area contributed by atoms with E-state index in [-0.39, 0.29) is 11.1 Å². The van der Waals surface area contributed by atoms with Crippen LogP contribution in [0, 0.1) is 0 Å². The van der Waals surface area contributed by atoms with Crippen molar-refractivity contribution in [2.24, 2.45) is 11.5 Å². The van der Waals surface area contributed by atoms with Crippen molar-refractivity contribution in [1.29, 1.82) is 0 Å². The number of nitrogen functional groups attached to an aromatic ring is 1. The van der Waals surface area contributed by atoms with Crippen LogP contribution in [0.1, 0.15) is 20.7 Å². The highest BCUT2D eigenvalue weighted by atomic mass is 16.1. The number of hydrogen-bond donors (Lipinski definition) is 3. The van der Waals surface area contributed by atoms with E-state index in [0.29, 0.717) is 11.4 Å². The molecular formula is C11H11N5O2. The number of amides is 2. The van der Waals surface area contributed by atoms with Crippen molar-refractivity contribution in [2.45, 2.75) is 0 Å². The van der Waals surface area contributed by atoms with Gasteiger partial charge in [0, 0.05) is 11.9 Å². The second-order valence-electron chi connectivity index (χ2n) is 3.68. The summed E-state index contributed by atoms with van der Waals surface area (Å²) in [6, 6.07) is 4.60. The molecular weight excluding hydrogens is 234 g/mol. The molecule has 0 saturated heterocycles. The minimum absolute atomic E-state index is 0.229. The smallest absolute Gasteiger partial charge is 0.251 e. The van der Waals surface area contributed by atoms with Crippen molar-refractivity contribution in [3.63, 3.8) is 0 Å². The summed E-state index contributed by atoms with van der Waals surface area (Å²) in [4.78, 5) is 22.3. The first-order valence-electron chi connectivity index (χ1n) is 5.03. The van der Waals surface area contributed by atoms with Crippen LogP contribution in [0.15, 0.2) is 30.6 Å². The van der Waals surface area contributed by atoms with Crippen molar-refractivity contribution >= 4 is 17.5 Å². The van der Waals surface area contributed by atoms with Crippen LogP contribution in [0.5, 0.6) is 0 Å². The summed E-state index contributed by atoms with van der Waals surface area (Å²) < 4.78 is 1.33. The molecule has 92 valence electrons. The Kier molecular flexibility index (Phi) is 2.72. The van der Waals surface area contributed by atoms with E-state index in [4.69, 9.17) is 17.2 Å². The Morgan fingerprint density at radius 1 is 1.17 bits per heavy atom. The molecule has 0 aliphatic carbocycles. The number of primary amides is 2. The molecule has 1 aromatic carbocycles. The van der Waals surface area contributed by atoms with Gasteiger partial charge >= 0.3 is 0 Å². The average molecular weight is 245 g/mol. The molecule has 0 spiro atoms. The van der Waals surface area contributed by atoms with Crippen molar-refractivity contribution in [1.82, 2.24) is 9.78 Å².